The van der Waals surface area contributed by atoms with Crippen LogP contribution in [0.15, 0.2) is 6.20 Å². The van der Waals surface area contributed by atoms with Crippen LogP contribution in [0.25, 0.3) is 0 Å². The minimum Gasteiger partial charge on any atom is -0.258 e. The van der Waals surface area contributed by atoms with Gasteiger partial charge in [-0.1, -0.05) is 22.9 Å². The molecule has 0 saturated heterocycles. The molecular weight excluding hydrogens is 228 g/mol. The summed E-state index contributed by atoms with van der Waals surface area (Å²) >= 11 is 3.60. The van der Waals surface area contributed by atoms with Crippen LogP contribution in [0.4, 0.5) is 0 Å². The van der Waals surface area contributed by atoms with Crippen molar-refractivity contribution in [2.75, 3.05) is 0 Å². The van der Waals surface area contributed by atoms with Crippen LogP contribution in [0.5, 0.6) is 0 Å². The van der Waals surface area contributed by atoms with E-state index in [0.717, 1.165) is 29.9 Å². The van der Waals surface area contributed by atoms with Gasteiger partial charge in [0.15, 0.2) is 0 Å². The van der Waals surface area contributed by atoms with Crippen molar-refractivity contribution < 1.29 is 0 Å². The number of hydrogen-bond acceptors (Lipinski definition) is 2. The molecule has 0 radical (unpaired) electrons. The third kappa shape index (κ3) is 3.07. The van der Waals surface area contributed by atoms with E-state index in [1.165, 1.54) is 0 Å². The lowest BCUT2D eigenvalue weighted by Crippen LogP contribution is -2.06. The number of hydrogen-bond donors (Lipinski definition) is 0. The van der Waals surface area contributed by atoms with E-state index in [-0.39, 0.29) is 0 Å². The van der Waals surface area contributed by atoms with Gasteiger partial charge in [0.2, 0.25) is 0 Å². The van der Waals surface area contributed by atoms with Gasteiger partial charge in [0.25, 0.3) is 0 Å². The molecule has 0 aliphatic heterocycles. The van der Waals surface area contributed by atoms with Crippen LogP contribution >= 0.6 is 15.9 Å². The monoisotopic (exact) mass is 242 g/mol. The van der Waals surface area contributed by atoms with Gasteiger partial charge in [-0.05, 0) is 20.3 Å². The van der Waals surface area contributed by atoms with E-state index >= 15 is 0 Å². The third-order valence-corrected chi connectivity index (χ3v) is 3.00. The Labute approximate surface area is 87.9 Å². The summed E-state index contributed by atoms with van der Waals surface area (Å²) in [4.78, 5) is 9.27. The van der Waals surface area contributed by atoms with E-state index in [9.17, 15) is 0 Å². The third-order valence-electron chi connectivity index (χ3n) is 2.03. The van der Waals surface area contributed by atoms with E-state index < -0.39 is 0 Å². The fourth-order valence-corrected chi connectivity index (χ4v) is 1.44. The molecule has 0 fully saturated rings. The Balaban J connectivity index is 2.81. The summed E-state index contributed by atoms with van der Waals surface area (Å²) in [6, 6.07) is 0. The molecule has 1 heterocycles. The summed E-state index contributed by atoms with van der Waals surface area (Å²) < 4.78 is 0. The highest BCUT2D eigenvalue weighted by Crippen LogP contribution is 2.13. The average Bonchev–Trinajstić information content (AvgIpc) is 2.11. The Bertz CT molecular complexity index is 286. The van der Waals surface area contributed by atoms with Gasteiger partial charge in [0.1, 0.15) is 0 Å². The van der Waals surface area contributed by atoms with Crippen LogP contribution in [-0.2, 0) is 6.42 Å². The second-order valence-corrected chi connectivity index (χ2v) is 4.55. The van der Waals surface area contributed by atoms with E-state index in [1.54, 1.807) is 0 Å². The van der Waals surface area contributed by atoms with Crippen LogP contribution in [0.3, 0.4) is 0 Å². The number of aromatic nitrogens is 2. The van der Waals surface area contributed by atoms with E-state index in [0.29, 0.717) is 4.83 Å². The molecular formula is C10H15BrN2. The first-order valence-electron chi connectivity index (χ1n) is 4.56. The topological polar surface area (TPSA) is 25.8 Å². The molecule has 1 atom stereocenters. The van der Waals surface area contributed by atoms with Crippen molar-refractivity contribution in [1.29, 1.82) is 0 Å². The molecule has 0 aliphatic carbocycles. The SMILES string of the molecule is CCC(Br)Cc1nc(C)cnc1C. The van der Waals surface area contributed by atoms with Gasteiger partial charge in [0.05, 0.1) is 17.1 Å². The predicted octanol–water partition coefficient (Wildman–Crippen LogP) is 2.81. The second kappa shape index (κ2) is 4.70. The van der Waals surface area contributed by atoms with Gasteiger partial charge in [0, 0.05) is 17.4 Å². The zero-order valence-corrected chi connectivity index (χ0v) is 9.93. The fraction of sp³-hybridized carbons (Fsp3) is 0.600. The van der Waals surface area contributed by atoms with Crippen molar-refractivity contribution in [2.24, 2.45) is 0 Å². The summed E-state index contributed by atoms with van der Waals surface area (Å²) in [5.74, 6) is 0. The average molecular weight is 243 g/mol. The number of alkyl halides is 1. The Morgan fingerprint density at radius 1 is 1.46 bits per heavy atom. The van der Waals surface area contributed by atoms with Crippen LogP contribution in [0.2, 0.25) is 0 Å². The van der Waals surface area contributed by atoms with Crippen LogP contribution in [0, 0.1) is 13.8 Å². The lowest BCUT2D eigenvalue weighted by molar-refractivity contribution is 0.788. The van der Waals surface area contributed by atoms with Gasteiger partial charge in [-0.15, -0.1) is 0 Å². The molecule has 0 N–H and O–H groups in total. The van der Waals surface area contributed by atoms with Crippen LogP contribution in [0.1, 0.15) is 30.4 Å². The van der Waals surface area contributed by atoms with Gasteiger partial charge >= 0.3 is 0 Å². The molecule has 1 aromatic heterocycles. The molecule has 13 heavy (non-hydrogen) atoms. The van der Waals surface area contributed by atoms with Gasteiger partial charge in [-0.2, -0.15) is 0 Å². The number of rotatable bonds is 3. The minimum absolute atomic E-state index is 0.516. The van der Waals surface area contributed by atoms with Crippen molar-refractivity contribution in [3.63, 3.8) is 0 Å². The van der Waals surface area contributed by atoms with Crippen molar-refractivity contribution >= 4 is 15.9 Å². The summed E-state index contributed by atoms with van der Waals surface area (Å²) in [5, 5.41) is 0. The molecule has 0 amide bonds. The zero-order chi connectivity index (χ0) is 9.84. The fourth-order valence-electron chi connectivity index (χ4n) is 1.13. The minimum atomic E-state index is 0.516. The van der Waals surface area contributed by atoms with Crippen LogP contribution < -0.4 is 0 Å². The van der Waals surface area contributed by atoms with Crippen LogP contribution in [-0.4, -0.2) is 14.8 Å². The van der Waals surface area contributed by atoms with Gasteiger partial charge in [-0.3, -0.25) is 9.97 Å². The molecule has 0 saturated carbocycles. The predicted molar refractivity (Wildman–Crippen MR) is 58.2 cm³/mol. The normalized spacial score (nSPS) is 12.9. The largest absolute Gasteiger partial charge is 0.258 e. The van der Waals surface area contributed by atoms with Crippen molar-refractivity contribution in [2.45, 2.75) is 38.4 Å². The highest BCUT2D eigenvalue weighted by atomic mass is 79.9. The molecule has 3 heteroatoms. The highest BCUT2D eigenvalue weighted by Gasteiger charge is 2.07. The summed E-state index contributed by atoms with van der Waals surface area (Å²) in [5.41, 5.74) is 3.16. The Hall–Kier alpha value is -0.440. The first-order valence-corrected chi connectivity index (χ1v) is 5.48. The lowest BCUT2D eigenvalue weighted by atomic mass is 10.1. The Morgan fingerprint density at radius 3 is 2.77 bits per heavy atom. The number of aryl methyl sites for hydroxylation is 2. The molecule has 0 aromatic carbocycles. The first-order chi connectivity index (χ1) is 6.13. The molecule has 72 valence electrons. The summed E-state index contributed by atoms with van der Waals surface area (Å²) in [6.45, 7) is 6.15. The van der Waals surface area contributed by atoms with Gasteiger partial charge < -0.3 is 0 Å². The quantitative estimate of drug-likeness (QED) is 0.763. The molecule has 1 rings (SSSR count). The molecule has 2 nitrogen and oxygen atoms in total. The Morgan fingerprint density at radius 2 is 2.15 bits per heavy atom. The zero-order valence-electron chi connectivity index (χ0n) is 8.34. The van der Waals surface area contributed by atoms with Crippen molar-refractivity contribution in [3.8, 4) is 0 Å². The number of halogens is 1. The maximum atomic E-state index is 4.47. The molecule has 0 aliphatic rings. The highest BCUT2D eigenvalue weighted by molar-refractivity contribution is 9.09. The van der Waals surface area contributed by atoms with Gasteiger partial charge in [-0.25, -0.2) is 0 Å². The molecule has 1 unspecified atom stereocenters. The first kappa shape index (κ1) is 10.6. The standard InChI is InChI=1S/C10H15BrN2/c1-4-9(11)5-10-8(3)12-6-7(2)13-10/h6,9H,4-5H2,1-3H3. The van der Waals surface area contributed by atoms with E-state index in [4.69, 9.17) is 0 Å². The summed E-state index contributed by atoms with van der Waals surface area (Å²) in [6.07, 6.45) is 3.90. The van der Waals surface area contributed by atoms with E-state index in [1.807, 2.05) is 20.0 Å². The molecule has 0 spiro atoms. The van der Waals surface area contributed by atoms with Crippen molar-refractivity contribution in [1.82, 2.24) is 9.97 Å². The smallest absolute Gasteiger partial charge is 0.0630 e. The Kier molecular flexibility index (Phi) is 3.85. The lowest BCUT2D eigenvalue weighted by Gasteiger charge is -2.08. The maximum absolute atomic E-state index is 4.47. The van der Waals surface area contributed by atoms with Crippen molar-refractivity contribution in [3.05, 3.63) is 23.3 Å². The maximum Gasteiger partial charge on any atom is 0.0630 e. The number of nitrogens with zero attached hydrogens (tertiary/aromatic N) is 2. The molecule has 1 aromatic rings. The van der Waals surface area contributed by atoms with E-state index in [2.05, 4.69) is 32.8 Å². The summed E-state index contributed by atoms with van der Waals surface area (Å²) in [7, 11) is 0. The second-order valence-electron chi connectivity index (χ2n) is 3.25. The molecule has 0 bridgehead atoms.